The van der Waals surface area contributed by atoms with Crippen LogP contribution in [-0.4, -0.2) is 35.2 Å². The molecule has 9 nitrogen and oxygen atoms in total. The van der Waals surface area contributed by atoms with Gasteiger partial charge in [-0.1, -0.05) is 6.08 Å². The number of nitrogens with zero attached hydrogens (tertiary/aromatic N) is 3. The van der Waals surface area contributed by atoms with E-state index < -0.39 is 31.0 Å². The zero-order chi connectivity index (χ0) is 17.7. The van der Waals surface area contributed by atoms with E-state index in [0.29, 0.717) is 5.82 Å². The Bertz CT molecular complexity index is 918. The zero-order valence-corrected chi connectivity index (χ0v) is 13.0. The predicted octanol–water partition coefficient (Wildman–Crippen LogP) is 0.980. The molecular formula is C12H14F2N5O4P. The smallest absolute Gasteiger partial charge is 0.348 e. The molecule has 12 heteroatoms. The molecule has 2 aromatic rings. The van der Waals surface area contributed by atoms with Crippen molar-refractivity contribution < 1.29 is 23.1 Å². The summed E-state index contributed by atoms with van der Waals surface area (Å²) in [6.07, 6.45) is 1.99. The van der Waals surface area contributed by atoms with Gasteiger partial charge in [-0.3, -0.25) is 14.3 Å². The number of alkyl halides is 2. The molecule has 1 aliphatic rings. The number of nitrogen functional groups attached to an aromatic ring is 1. The molecule has 0 amide bonds. The van der Waals surface area contributed by atoms with Crippen LogP contribution in [-0.2, 0) is 4.57 Å². The predicted molar refractivity (Wildman–Crippen MR) is 80.5 cm³/mol. The van der Waals surface area contributed by atoms with Crippen molar-refractivity contribution in [2.75, 3.05) is 5.73 Å². The summed E-state index contributed by atoms with van der Waals surface area (Å²) in [5.41, 5.74) is 4.66. The van der Waals surface area contributed by atoms with Gasteiger partial charge in [0.25, 0.3) is 11.5 Å². The first-order chi connectivity index (χ1) is 11.1. The van der Waals surface area contributed by atoms with Crippen molar-refractivity contribution in [2.45, 2.75) is 24.8 Å². The molecule has 0 unspecified atom stereocenters. The summed E-state index contributed by atoms with van der Waals surface area (Å²) in [4.78, 5) is 39.2. The molecule has 0 bridgehead atoms. The average molecular weight is 361 g/mol. The lowest BCUT2D eigenvalue weighted by Gasteiger charge is -2.24. The fraction of sp³-hybridized carbons (Fsp3) is 0.417. The van der Waals surface area contributed by atoms with E-state index in [1.807, 2.05) is 0 Å². The SMILES string of the molecule is Nc1nc2c(ncn2[C@H]2CC[C@@H](/C=C/P(=O)(O)O)C2(F)F)c(=O)[nH]1. The summed E-state index contributed by atoms with van der Waals surface area (Å²) in [6.45, 7) is 0. The molecule has 0 radical (unpaired) electrons. The Balaban J connectivity index is 2.01. The van der Waals surface area contributed by atoms with Crippen LogP contribution in [0.25, 0.3) is 11.2 Å². The maximum atomic E-state index is 14.6. The minimum Gasteiger partial charge on any atom is -0.369 e. The second-order valence-corrected chi connectivity index (χ2v) is 7.06. The van der Waals surface area contributed by atoms with Crippen LogP contribution < -0.4 is 11.3 Å². The van der Waals surface area contributed by atoms with Gasteiger partial charge < -0.3 is 20.1 Å². The number of hydrogen-bond acceptors (Lipinski definition) is 5. The van der Waals surface area contributed by atoms with E-state index in [9.17, 15) is 18.1 Å². The third-order valence-corrected chi connectivity index (χ3v) is 4.55. The minimum absolute atomic E-state index is 0.0204. The number of hydrogen-bond donors (Lipinski definition) is 4. The van der Waals surface area contributed by atoms with E-state index in [4.69, 9.17) is 15.5 Å². The third kappa shape index (κ3) is 2.85. The molecule has 2 atom stereocenters. The highest BCUT2D eigenvalue weighted by Gasteiger charge is 2.52. The van der Waals surface area contributed by atoms with Crippen LogP contribution in [0.4, 0.5) is 14.7 Å². The molecule has 0 saturated heterocycles. The molecule has 0 aromatic carbocycles. The van der Waals surface area contributed by atoms with Gasteiger partial charge in [0.2, 0.25) is 5.95 Å². The molecular weight excluding hydrogens is 347 g/mol. The highest BCUT2D eigenvalue weighted by atomic mass is 31.2. The first kappa shape index (κ1) is 16.7. The van der Waals surface area contributed by atoms with Gasteiger partial charge in [0.1, 0.15) is 6.04 Å². The van der Waals surface area contributed by atoms with Gasteiger partial charge >= 0.3 is 7.60 Å². The molecule has 1 aliphatic carbocycles. The molecule has 3 rings (SSSR count). The molecule has 1 saturated carbocycles. The van der Waals surface area contributed by atoms with Crippen molar-refractivity contribution >= 4 is 24.7 Å². The van der Waals surface area contributed by atoms with E-state index in [1.165, 1.54) is 0 Å². The fourth-order valence-electron chi connectivity index (χ4n) is 2.91. The Morgan fingerprint density at radius 3 is 2.83 bits per heavy atom. The number of H-pyrrole nitrogens is 1. The number of anilines is 1. The number of aromatic nitrogens is 4. The second kappa shape index (κ2) is 5.47. The molecule has 2 aromatic heterocycles. The average Bonchev–Trinajstić information content (AvgIpc) is 2.96. The molecule has 0 spiro atoms. The van der Waals surface area contributed by atoms with Gasteiger partial charge in [-0.15, -0.1) is 0 Å². The maximum Gasteiger partial charge on any atom is 0.348 e. The summed E-state index contributed by atoms with van der Waals surface area (Å²) >= 11 is 0. The van der Waals surface area contributed by atoms with E-state index in [0.717, 1.165) is 17.0 Å². The van der Waals surface area contributed by atoms with Crippen LogP contribution in [0.3, 0.4) is 0 Å². The summed E-state index contributed by atoms with van der Waals surface area (Å²) in [6, 6.07) is -1.34. The first-order valence-corrected chi connectivity index (χ1v) is 8.62. The van der Waals surface area contributed by atoms with Crippen LogP contribution in [0.1, 0.15) is 18.9 Å². The number of imidazole rings is 1. The van der Waals surface area contributed by atoms with Gasteiger partial charge in [0, 0.05) is 11.7 Å². The summed E-state index contributed by atoms with van der Waals surface area (Å²) in [5, 5.41) is 0. The Morgan fingerprint density at radius 1 is 1.46 bits per heavy atom. The first-order valence-electron chi connectivity index (χ1n) is 6.94. The lowest BCUT2D eigenvalue weighted by Crippen LogP contribution is -2.30. The number of nitrogens with two attached hydrogens (primary N) is 1. The Kier molecular flexibility index (Phi) is 3.82. The number of fused-ring (bicyclic) bond motifs is 1. The van der Waals surface area contributed by atoms with Crippen LogP contribution in [0, 0.1) is 5.92 Å². The highest BCUT2D eigenvalue weighted by Crippen LogP contribution is 2.50. The van der Waals surface area contributed by atoms with Crippen molar-refractivity contribution in [3.63, 3.8) is 0 Å². The fourth-order valence-corrected chi connectivity index (χ4v) is 3.34. The minimum atomic E-state index is -4.51. The number of allylic oxidation sites excluding steroid dienone is 1. The third-order valence-electron chi connectivity index (χ3n) is 3.99. The van der Waals surface area contributed by atoms with Gasteiger partial charge in [-0.25, -0.2) is 13.8 Å². The van der Waals surface area contributed by atoms with Crippen molar-refractivity contribution in [2.24, 2.45) is 5.92 Å². The lowest BCUT2D eigenvalue weighted by molar-refractivity contribution is -0.0550. The molecule has 1 fully saturated rings. The Morgan fingerprint density at radius 2 is 2.17 bits per heavy atom. The van der Waals surface area contributed by atoms with Gasteiger partial charge in [-0.05, 0) is 12.8 Å². The van der Waals surface area contributed by atoms with Crippen molar-refractivity contribution in [1.82, 2.24) is 19.5 Å². The van der Waals surface area contributed by atoms with E-state index in [-0.39, 0.29) is 30.0 Å². The number of aromatic amines is 1. The summed E-state index contributed by atoms with van der Waals surface area (Å²) in [5.74, 6) is -4.36. The molecule has 130 valence electrons. The van der Waals surface area contributed by atoms with Crippen LogP contribution >= 0.6 is 7.60 Å². The summed E-state index contributed by atoms with van der Waals surface area (Å²) < 4.78 is 41.2. The standard InChI is InChI=1S/C12H14F2N5O4P/c13-12(14)6(3-4-24(21,22)23)1-2-7(12)19-5-16-8-9(19)17-11(15)18-10(8)20/h3-7H,1-2H2,(H2,21,22,23)(H3,15,17,18,20)/b4-3+/t6-,7-/m0/s1. The van der Waals surface area contributed by atoms with Crippen molar-refractivity contribution in [1.29, 1.82) is 0 Å². The Labute approximate surface area is 133 Å². The second-order valence-electron chi connectivity index (χ2n) is 5.58. The van der Waals surface area contributed by atoms with Crippen LogP contribution in [0.2, 0.25) is 0 Å². The normalized spacial score (nSPS) is 24.2. The number of halogens is 2. The van der Waals surface area contributed by atoms with Gasteiger partial charge in [0.15, 0.2) is 11.2 Å². The van der Waals surface area contributed by atoms with Gasteiger partial charge in [-0.2, -0.15) is 4.98 Å². The zero-order valence-electron chi connectivity index (χ0n) is 12.1. The van der Waals surface area contributed by atoms with Crippen molar-refractivity contribution in [3.05, 3.63) is 28.6 Å². The van der Waals surface area contributed by atoms with Gasteiger partial charge in [0.05, 0.1) is 6.33 Å². The molecule has 0 aliphatic heterocycles. The monoisotopic (exact) mass is 361 g/mol. The quantitative estimate of drug-likeness (QED) is 0.596. The van der Waals surface area contributed by atoms with E-state index in [1.54, 1.807) is 0 Å². The van der Waals surface area contributed by atoms with Crippen molar-refractivity contribution in [3.8, 4) is 0 Å². The number of rotatable bonds is 3. The van der Waals surface area contributed by atoms with E-state index in [2.05, 4.69) is 15.0 Å². The van der Waals surface area contributed by atoms with Crippen LogP contribution in [0.15, 0.2) is 23.0 Å². The topological polar surface area (TPSA) is 147 Å². The Hall–Kier alpha value is -2.10. The largest absolute Gasteiger partial charge is 0.369 e. The molecule has 5 N–H and O–H groups in total. The summed E-state index contributed by atoms with van der Waals surface area (Å²) in [7, 11) is -4.51. The molecule has 24 heavy (non-hydrogen) atoms. The lowest BCUT2D eigenvalue weighted by atomic mass is 10.0. The van der Waals surface area contributed by atoms with E-state index >= 15 is 0 Å². The highest BCUT2D eigenvalue weighted by molar-refractivity contribution is 7.55. The molecule has 2 heterocycles. The maximum absolute atomic E-state index is 14.6. The van der Waals surface area contributed by atoms with Crippen LogP contribution in [0.5, 0.6) is 0 Å². The number of nitrogens with one attached hydrogen (secondary N) is 1.